The SMILES string of the molecule is CC(=O)Nc1cc(Cl)c(S(=O)c2ccc(O)c(C(C)C)c2)c(Cl)c1. The summed E-state index contributed by atoms with van der Waals surface area (Å²) in [5, 5.41) is 12.9. The van der Waals surface area contributed by atoms with Gasteiger partial charge in [0, 0.05) is 17.5 Å². The van der Waals surface area contributed by atoms with Crippen LogP contribution in [0.1, 0.15) is 32.3 Å². The van der Waals surface area contributed by atoms with Gasteiger partial charge in [-0.05, 0) is 41.8 Å². The number of aromatic hydroxyl groups is 1. The first kappa shape index (κ1) is 18.8. The van der Waals surface area contributed by atoms with Crippen molar-refractivity contribution in [1.29, 1.82) is 0 Å². The second kappa shape index (κ2) is 7.55. The summed E-state index contributed by atoms with van der Waals surface area (Å²) in [7, 11) is -1.61. The highest BCUT2D eigenvalue weighted by Gasteiger charge is 2.19. The van der Waals surface area contributed by atoms with Crippen molar-refractivity contribution in [2.24, 2.45) is 0 Å². The third-order valence-electron chi connectivity index (χ3n) is 3.34. The van der Waals surface area contributed by atoms with Crippen LogP contribution < -0.4 is 5.32 Å². The van der Waals surface area contributed by atoms with Crippen molar-refractivity contribution in [3.63, 3.8) is 0 Å². The van der Waals surface area contributed by atoms with E-state index < -0.39 is 10.8 Å². The predicted molar refractivity (Wildman–Crippen MR) is 97.6 cm³/mol. The maximum atomic E-state index is 12.9. The Kier molecular flexibility index (Phi) is 5.91. The lowest BCUT2D eigenvalue weighted by Gasteiger charge is -2.13. The van der Waals surface area contributed by atoms with E-state index in [4.69, 9.17) is 23.2 Å². The Bertz CT molecular complexity index is 798. The lowest BCUT2D eigenvalue weighted by molar-refractivity contribution is -0.114. The van der Waals surface area contributed by atoms with Gasteiger partial charge in [0.2, 0.25) is 5.91 Å². The van der Waals surface area contributed by atoms with E-state index >= 15 is 0 Å². The van der Waals surface area contributed by atoms with Crippen LogP contribution >= 0.6 is 23.2 Å². The maximum Gasteiger partial charge on any atom is 0.221 e. The van der Waals surface area contributed by atoms with E-state index in [1.807, 2.05) is 13.8 Å². The number of halogens is 2. The minimum Gasteiger partial charge on any atom is -0.508 e. The summed E-state index contributed by atoms with van der Waals surface area (Å²) in [5.74, 6) is -0.0184. The van der Waals surface area contributed by atoms with Crippen LogP contribution in [0.5, 0.6) is 5.75 Å². The Labute approximate surface area is 153 Å². The Balaban J connectivity index is 2.47. The van der Waals surface area contributed by atoms with Crippen LogP contribution in [0.2, 0.25) is 10.0 Å². The molecule has 2 aromatic carbocycles. The number of phenolic OH excluding ortho intramolecular Hbond substituents is 1. The Morgan fingerprint density at radius 1 is 1.17 bits per heavy atom. The summed E-state index contributed by atoms with van der Waals surface area (Å²) in [6, 6.07) is 7.78. The molecule has 0 radical (unpaired) electrons. The van der Waals surface area contributed by atoms with Crippen molar-refractivity contribution in [2.45, 2.75) is 36.5 Å². The summed E-state index contributed by atoms with van der Waals surface area (Å²) in [5.41, 5.74) is 1.13. The lowest BCUT2D eigenvalue weighted by Crippen LogP contribution is -2.06. The zero-order valence-corrected chi connectivity index (χ0v) is 15.7. The molecule has 2 rings (SSSR count). The minimum absolute atomic E-state index is 0.0787. The fourth-order valence-corrected chi connectivity index (χ4v) is 4.28. The molecule has 1 unspecified atom stereocenters. The van der Waals surface area contributed by atoms with E-state index in [1.54, 1.807) is 12.1 Å². The average molecular weight is 386 g/mol. The van der Waals surface area contributed by atoms with Crippen LogP contribution in [0, 0.1) is 0 Å². The second-order valence-electron chi connectivity index (χ2n) is 5.59. The van der Waals surface area contributed by atoms with Crippen LogP contribution in [0.25, 0.3) is 0 Å². The topological polar surface area (TPSA) is 66.4 Å². The first-order valence-electron chi connectivity index (χ1n) is 7.22. The summed E-state index contributed by atoms with van der Waals surface area (Å²) >= 11 is 12.4. The van der Waals surface area contributed by atoms with Gasteiger partial charge in [-0.3, -0.25) is 4.79 Å². The first-order valence-corrected chi connectivity index (χ1v) is 9.12. The van der Waals surface area contributed by atoms with Gasteiger partial charge in [0.1, 0.15) is 5.75 Å². The van der Waals surface area contributed by atoms with E-state index in [2.05, 4.69) is 5.32 Å². The van der Waals surface area contributed by atoms with Gasteiger partial charge in [-0.1, -0.05) is 37.0 Å². The number of hydrogen-bond donors (Lipinski definition) is 2. The average Bonchev–Trinajstić information content (AvgIpc) is 2.45. The molecule has 0 aliphatic rings. The smallest absolute Gasteiger partial charge is 0.221 e. The molecule has 0 fully saturated rings. The number of rotatable bonds is 4. The highest BCUT2D eigenvalue weighted by Crippen LogP contribution is 2.36. The Morgan fingerprint density at radius 3 is 2.25 bits per heavy atom. The molecule has 2 aromatic rings. The zero-order chi connectivity index (χ0) is 18.0. The zero-order valence-electron chi connectivity index (χ0n) is 13.4. The molecule has 128 valence electrons. The monoisotopic (exact) mass is 385 g/mol. The van der Waals surface area contributed by atoms with Gasteiger partial charge < -0.3 is 10.4 Å². The summed E-state index contributed by atoms with van der Waals surface area (Å²) in [6.45, 7) is 5.24. The van der Waals surface area contributed by atoms with Gasteiger partial charge in [0.05, 0.1) is 25.7 Å². The Morgan fingerprint density at radius 2 is 1.75 bits per heavy atom. The van der Waals surface area contributed by atoms with Crippen molar-refractivity contribution >= 4 is 45.6 Å². The largest absolute Gasteiger partial charge is 0.508 e. The van der Waals surface area contributed by atoms with E-state index in [0.29, 0.717) is 16.1 Å². The Hall–Kier alpha value is -1.56. The van der Waals surface area contributed by atoms with Crippen LogP contribution in [0.4, 0.5) is 5.69 Å². The number of phenols is 1. The third kappa shape index (κ3) is 4.09. The maximum absolute atomic E-state index is 12.9. The molecule has 0 saturated heterocycles. The molecule has 0 saturated carbocycles. The standard InChI is InChI=1S/C17H17Cl2NO3S/c1-9(2)13-8-12(4-5-16(13)22)24(23)17-14(18)6-11(7-15(17)19)20-10(3)21/h4-9,22H,1-3H3,(H,20,21). The summed E-state index contributed by atoms with van der Waals surface area (Å²) < 4.78 is 12.9. The number of carbonyl (C=O) groups excluding carboxylic acids is 1. The molecule has 0 bridgehead atoms. The van der Waals surface area contributed by atoms with Crippen LogP contribution in [0.15, 0.2) is 40.1 Å². The number of benzene rings is 2. The van der Waals surface area contributed by atoms with Crippen LogP contribution in [0.3, 0.4) is 0 Å². The van der Waals surface area contributed by atoms with Gasteiger partial charge in [0.15, 0.2) is 0 Å². The molecule has 2 N–H and O–H groups in total. The second-order valence-corrected chi connectivity index (χ2v) is 7.83. The molecule has 1 atom stereocenters. The highest BCUT2D eigenvalue weighted by molar-refractivity contribution is 7.85. The fraction of sp³-hybridized carbons (Fsp3) is 0.235. The molecule has 4 nitrogen and oxygen atoms in total. The van der Waals surface area contributed by atoms with Crippen LogP contribution in [-0.4, -0.2) is 15.2 Å². The van der Waals surface area contributed by atoms with Crippen molar-refractivity contribution in [3.8, 4) is 5.75 Å². The summed E-state index contributed by atoms with van der Waals surface area (Å²) in [6.07, 6.45) is 0. The molecule has 0 aromatic heterocycles. The predicted octanol–water partition coefficient (Wildman–Crippen LogP) is 4.95. The highest BCUT2D eigenvalue weighted by atomic mass is 35.5. The van der Waals surface area contributed by atoms with E-state index in [-0.39, 0.29) is 32.5 Å². The molecular weight excluding hydrogens is 369 g/mol. The van der Waals surface area contributed by atoms with Crippen molar-refractivity contribution < 1.29 is 14.1 Å². The fourth-order valence-electron chi connectivity index (χ4n) is 2.24. The normalized spacial score (nSPS) is 12.2. The van der Waals surface area contributed by atoms with E-state index in [9.17, 15) is 14.1 Å². The van der Waals surface area contributed by atoms with E-state index in [1.165, 1.54) is 25.1 Å². The molecule has 24 heavy (non-hydrogen) atoms. The molecule has 1 amide bonds. The lowest BCUT2D eigenvalue weighted by atomic mass is 10.0. The number of carbonyl (C=O) groups is 1. The van der Waals surface area contributed by atoms with E-state index in [0.717, 1.165) is 0 Å². The van der Waals surface area contributed by atoms with Crippen LogP contribution in [-0.2, 0) is 15.6 Å². The molecule has 0 spiro atoms. The van der Waals surface area contributed by atoms with Crippen molar-refractivity contribution in [1.82, 2.24) is 0 Å². The van der Waals surface area contributed by atoms with Gasteiger partial charge in [-0.15, -0.1) is 0 Å². The van der Waals surface area contributed by atoms with Gasteiger partial charge in [-0.25, -0.2) is 4.21 Å². The van der Waals surface area contributed by atoms with Gasteiger partial charge >= 0.3 is 0 Å². The molecule has 0 heterocycles. The quantitative estimate of drug-likeness (QED) is 0.782. The minimum atomic E-state index is -1.61. The third-order valence-corrected chi connectivity index (χ3v) is 5.65. The first-order chi connectivity index (χ1) is 11.2. The number of amides is 1. The van der Waals surface area contributed by atoms with Crippen molar-refractivity contribution in [2.75, 3.05) is 5.32 Å². The van der Waals surface area contributed by atoms with Crippen molar-refractivity contribution in [3.05, 3.63) is 45.9 Å². The number of anilines is 1. The number of hydrogen-bond acceptors (Lipinski definition) is 3. The molecular formula is C17H17Cl2NO3S. The van der Waals surface area contributed by atoms with Gasteiger partial charge in [0.25, 0.3) is 0 Å². The molecule has 0 aliphatic heterocycles. The number of nitrogens with one attached hydrogen (secondary N) is 1. The summed E-state index contributed by atoms with van der Waals surface area (Å²) in [4.78, 5) is 11.9. The van der Waals surface area contributed by atoms with Gasteiger partial charge in [-0.2, -0.15) is 0 Å². The molecule has 0 aliphatic carbocycles. The molecule has 7 heteroatoms.